The first-order chi connectivity index (χ1) is 7.25. The Morgan fingerprint density at radius 1 is 1.40 bits per heavy atom. The zero-order valence-electron chi connectivity index (χ0n) is 8.18. The highest BCUT2D eigenvalue weighted by Crippen LogP contribution is 2.06. The molecule has 2 heterocycles. The molecule has 0 saturated heterocycles. The molecule has 0 saturated carbocycles. The molecule has 0 fully saturated rings. The molecule has 0 amide bonds. The number of nitrogens with zero attached hydrogens (tertiary/aromatic N) is 4. The molecule has 78 valence electrons. The summed E-state index contributed by atoms with van der Waals surface area (Å²) in [5.74, 6) is 0.556. The Balaban J connectivity index is 1.99. The third-order valence-corrected chi connectivity index (χ3v) is 2.17. The van der Waals surface area contributed by atoms with Crippen molar-refractivity contribution in [2.45, 2.75) is 6.54 Å². The van der Waals surface area contributed by atoms with E-state index in [0.29, 0.717) is 17.5 Å². The van der Waals surface area contributed by atoms with E-state index < -0.39 is 0 Å². The molecule has 0 bridgehead atoms. The Morgan fingerprint density at radius 2 is 2.13 bits per heavy atom. The van der Waals surface area contributed by atoms with Crippen LogP contribution in [0.2, 0.25) is 5.02 Å². The van der Waals surface area contributed by atoms with E-state index in [1.54, 1.807) is 23.3 Å². The van der Waals surface area contributed by atoms with Crippen molar-refractivity contribution in [2.24, 2.45) is 7.05 Å². The van der Waals surface area contributed by atoms with E-state index in [0.717, 1.165) is 5.69 Å². The average Bonchev–Trinajstić information content (AvgIpc) is 2.63. The molecule has 0 aliphatic rings. The van der Waals surface area contributed by atoms with Crippen molar-refractivity contribution in [1.82, 2.24) is 19.7 Å². The van der Waals surface area contributed by atoms with Crippen molar-refractivity contribution < 1.29 is 0 Å². The van der Waals surface area contributed by atoms with Gasteiger partial charge in [-0.25, -0.2) is 9.97 Å². The molecule has 0 aliphatic heterocycles. The molecule has 0 aliphatic carbocycles. The fraction of sp³-hybridized carbons (Fsp3) is 0.222. The highest BCUT2D eigenvalue weighted by Gasteiger charge is 1.99. The van der Waals surface area contributed by atoms with E-state index >= 15 is 0 Å². The maximum atomic E-state index is 5.67. The summed E-state index contributed by atoms with van der Waals surface area (Å²) in [7, 11) is 1.89. The topological polar surface area (TPSA) is 55.6 Å². The molecule has 0 atom stereocenters. The van der Waals surface area contributed by atoms with Crippen LogP contribution in [0.1, 0.15) is 5.69 Å². The summed E-state index contributed by atoms with van der Waals surface area (Å²) in [6.07, 6.45) is 4.86. The van der Waals surface area contributed by atoms with Gasteiger partial charge in [0.1, 0.15) is 0 Å². The Labute approximate surface area is 92.1 Å². The molecule has 2 aromatic heterocycles. The van der Waals surface area contributed by atoms with Crippen molar-refractivity contribution >= 4 is 17.5 Å². The largest absolute Gasteiger partial charge is 0.349 e. The number of hydrogen-bond acceptors (Lipinski definition) is 4. The van der Waals surface area contributed by atoms with E-state index in [9.17, 15) is 0 Å². The van der Waals surface area contributed by atoms with E-state index in [4.69, 9.17) is 11.6 Å². The second-order valence-electron chi connectivity index (χ2n) is 3.02. The number of nitrogens with one attached hydrogen (secondary N) is 1. The summed E-state index contributed by atoms with van der Waals surface area (Å²) in [6.45, 7) is 0.637. The molecular formula is C9H10ClN5. The smallest absolute Gasteiger partial charge is 0.222 e. The molecule has 0 aromatic carbocycles. The molecule has 6 heteroatoms. The first kappa shape index (κ1) is 9.92. The van der Waals surface area contributed by atoms with Crippen molar-refractivity contribution in [3.05, 3.63) is 35.4 Å². The van der Waals surface area contributed by atoms with Crippen LogP contribution in [0.3, 0.4) is 0 Å². The van der Waals surface area contributed by atoms with Crippen LogP contribution in [0.15, 0.2) is 24.7 Å². The summed E-state index contributed by atoms with van der Waals surface area (Å²) in [5, 5.41) is 7.66. The minimum Gasteiger partial charge on any atom is -0.349 e. The second-order valence-corrected chi connectivity index (χ2v) is 3.46. The van der Waals surface area contributed by atoms with Gasteiger partial charge in [0.05, 0.1) is 29.7 Å². The van der Waals surface area contributed by atoms with Crippen LogP contribution in [0.4, 0.5) is 5.95 Å². The highest BCUT2D eigenvalue weighted by atomic mass is 35.5. The fourth-order valence-corrected chi connectivity index (χ4v) is 1.25. The molecule has 2 rings (SSSR count). The lowest BCUT2D eigenvalue weighted by atomic mass is 10.4. The summed E-state index contributed by atoms with van der Waals surface area (Å²) < 4.78 is 1.79. The Bertz CT molecular complexity index is 436. The number of anilines is 1. The summed E-state index contributed by atoms with van der Waals surface area (Å²) >= 11 is 5.67. The van der Waals surface area contributed by atoms with Crippen LogP contribution >= 0.6 is 11.6 Å². The number of hydrogen-bond donors (Lipinski definition) is 1. The zero-order chi connectivity index (χ0) is 10.7. The summed E-state index contributed by atoms with van der Waals surface area (Å²) in [4.78, 5) is 8.05. The molecular weight excluding hydrogens is 214 g/mol. The normalized spacial score (nSPS) is 10.3. The van der Waals surface area contributed by atoms with Crippen molar-refractivity contribution in [1.29, 1.82) is 0 Å². The molecule has 2 aromatic rings. The Kier molecular flexibility index (Phi) is 2.82. The first-order valence-corrected chi connectivity index (χ1v) is 4.82. The number of aromatic nitrogens is 4. The molecule has 15 heavy (non-hydrogen) atoms. The maximum Gasteiger partial charge on any atom is 0.222 e. The van der Waals surface area contributed by atoms with Crippen molar-refractivity contribution in [3.8, 4) is 0 Å². The van der Waals surface area contributed by atoms with Gasteiger partial charge in [-0.2, -0.15) is 5.10 Å². The van der Waals surface area contributed by atoms with Gasteiger partial charge in [0.15, 0.2) is 0 Å². The van der Waals surface area contributed by atoms with E-state index in [1.807, 2.05) is 13.1 Å². The monoisotopic (exact) mass is 223 g/mol. The van der Waals surface area contributed by atoms with E-state index in [-0.39, 0.29) is 0 Å². The number of aryl methyl sites for hydroxylation is 1. The summed E-state index contributed by atoms with van der Waals surface area (Å²) in [6, 6.07) is 1.93. The van der Waals surface area contributed by atoms with Gasteiger partial charge < -0.3 is 5.32 Å². The standard InChI is InChI=1S/C9H10ClN5/c1-15-8(2-3-14-15)6-13-9-11-4-7(10)5-12-9/h2-5H,6H2,1H3,(H,11,12,13). The van der Waals surface area contributed by atoms with Gasteiger partial charge >= 0.3 is 0 Å². The van der Waals surface area contributed by atoms with Crippen molar-refractivity contribution in [2.75, 3.05) is 5.32 Å². The lowest BCUT2D eigenvalue weighted by Crippen LogP contribution is -2.07. The third kappa shape index (κ3) is 2.44. The van der Waals surface area contributed by atoms with Gasteiger partial charge in [0, 0.05) is 13.2 Å². The highest BCUT2D eigenvalue weighted by molar-refractivity contribution is 6.30. The molecule has 0 spiro atoms. The lowest BCUT2D eigenvalue weighted by molar-refractivity contribution is 0.719. The quantitative estimate of drug-likeness (QED) is 0.856. The van der Waals surface area contributed by atoms with Crippen LogP contribution in [-0.2, 0) is 13.6 Å². The SMILES string of the molecule is Cn1nccc1CNc1ncc(Cl)cn1. The van der Waals surface area contributed by atoms with E-state index in [2.05, 4.69) is 20.4 Å². The Morgan fingerprint density at radius 3 is 2.73 bits per heavy atom. The van der Waals surface area contributed by atoms with Gasteiger partial charge in [-0.1, -0.05) is 11.6 Å². The predicted molar refractivity (Wildman–Crippen MR) is 57.6 cm³/mol. The van der Waals surface area contributed by atoms with Crippen LogP contribution in [0.25, 0.3) is 0 Å². The second kappa shape index (κ2) is 4.27. The van der Waals surface area contributed by atoms with Crippen LogP contribution in [0, 0.1) is 0 Å². The fourth-order valence-electron chi connectivity index (χ4n) is 1.15. The minimum atomic E-state index is 0.529. The summed E-state index contributed by atoms with van der Waals surface area (Å²) in [5.41, 5.74) is 1.06. The van der Waals surface area contributed by atoms with Crippen LogP contribution < -0.4 is 5.32 Å². The van der Waals surface area contributed by atoms with Gasteiger partial charge in [0.2, 0.25) is 5.95 Å². The average molecular weight is 224 g/mol. The zero-order valence-corrected chi connectivity index (χ0v) is 8.94. The van der Waals surface area contributed by atoms with Gasteiger partial charge in [-0.05, 0) is 6.07 Å². The van der Waals surface area contributed by atoms with Gasteiger partial charge in [-0.15, -0.1) is 0 Å². The Hall–Kier alpha value is -1.62. The van der Waals surface area contributed by atoms with Crippen LogP contribution in [0.5, 0.6) is 0 Å². The lowest BCUT2D eigenvalue weighted by Gasteiger charge is -2.04. The number of halogens is 1. The molecule has 0 radical (unpaired) electrons. The van der Waals surface area contributed by atoms with Crippen LogP contribution in [-0.4, -0.2) is 19.7 Å². The number of rotatable bonds is 3. The molecule has 5 nitrogen and oxygen atoms in total. The molecule has 1 N–H and O–H groups in total. The third-order valence-electron chi connectivity index (χ3n) is 1.97. The van der Waals surface area contributed by atoms with Gasteiger partial charge in [0.25, 0.3) is 0 Å². The van der Waals surface area contributed by atoms with Gasteiger partial charge in [-0.3, -0.25) is 4.68 Å². The molecule has 0 unspecified atom stereocenters. The minimum absolute atomic E-state index is 0.529. The first-order valence-electron chi connectivity index (χ1n) is 4.44. The maximum absolute atomic E-state index is 5.67. The van der Waals surface area contributed by atoms with E-state index in [1.165, 1.54) is 0 Å². The predicted octanol–water partition coefficient (Wildman–Crippen LogP) is 1.48. The van der Waals surface area contributed by atoms with Crippen molar-refractivity contribution in [3.63, 3.8) is 0 Å².